The quantitative estimate of drug-likeness (QED) is 0.590. The van der Waals surface area contributed by atoms with Gasteiger partial charge in [0, 0.05) is 29.1 Å². The Morgan fingerprint density at radius 3 is 2.95 bits per heavy atom. The van der Waals surface area contributed by atoms with E-state index in [0.29, 0.717) is 6.04 Å². The Labute approximate surface area is 116 Å². The number of para-hydroxylation sites is 1. The van der Waals surface area contributed by atoms with Gasteiger partial charge in [0.1, 0.15) is 11.2 Å². The van der Waals surface area contributed by atoms with Gasteiger partial charge < -0.3 is 9.32 Å². The molecule has 0 saturated carbocycles. The van der Waals surface area contributed by atoms with Crippen LogP contribution >= 0.6 is 0 Å². The standard InChI is InChI=1S/C18H13NO/c1-2-7-16-13(5-1)14-9-8-12-11-19-10-4-3-6-15(19)17(12)18(14)20-16/h1-10,15H,11H2. The predicted molar refractivity (Wildman–Crippen MR) is 80.3 cm³/mol. The molecule has 1 unspecified atom stereocenters. The van der Waals surface area contributed by atoms with Crippen LogP contribution < -0.4 is 0 Å². The van der Waals surface area contributed by atoms with Crippen LogP contribution in [0.1, 0.15) is 17.2 Å². The first kappa shape index (κ1) is 10.3. The molecule has 2 nitrogen and oxygen atoms in total. The molecule has 3 aromatic rings. The van der Waals surface area contributed by atoms with Crippen LogP contribution in [0, 0.1) is 0 Å². The van der Waals surface area contributed by atoms with Crippen LogP contribution in [0.5, 0.6) is 0 Å². The number of allylic oxidation sites excluding steroid dienone is 2. The highest BCUT2D eigenvalue weighted by atomic mass is 16.3. The minimum atomic E-state index is 0.319. The highest BCUT2D eigenvalue weighted by molar-refractivity contribution is 6.06. The number of fused-ring (bicyclic) bond motifs is 7. The second kappa shape index (κ2) is 3.54. The van der Waals surface area contributed by atoms with Gasteiger partial charge in [-0.3, -0.25) is 0 Å². The first-order valence-corrected chi connectivity index (χ1v) is 6.95. The van der Waals surface area contributed by atoms with E-state index in [9.17, 15) is 0 Å². The van der Waals surface area contributed by atoms with Crippen LogP contribution in [0.4, 0.5) is 0 Å². The van der Waals surface area contributed by atoms with Crippen molar-refractivity contribution < 1.29 is 4.42 Å². The van der Waals surface area contributed by atoms with E-state index in [2.05, 4.69) is 53.6 Å². The second-order valence-corrected chi connectivity index (χ2v) is 5.46. The Bertz CT molecular complexity index is 900. The van der Waals surface area contributed by atoms with Crippen molar-refractivity contribution in [3.8, 4) is 0 Å². The maximum atomic E-state index is 6.16. The van der Waals surface area contributed by atoms with Crippen LogP contribution in [-0.4, -0.2) is 4.90 Å². The van der Waals surface area contributed by atoms with E-state index in [4.69, 9.17) is 4.42 Å². The zero-order valence-electron chi connectivity index (χ0n) is 10.9. The number of nitrogens with zero attached hydrogens (tertiary/aromatic N) is 1. The van der Waals surface area contributed by atoms with Gasteiger partial charge >= 0.3 is 0 Å². The van der Waals surface area contributed by atoms with Crippen molar-refractivity contribution in [1.29, 1.82) is 0 Å². The fourth-order valence-electron chi connectivity index (χ4n) is 3.46. The third-order valence-electron chi connectivity index (χ3n) is 4.36. The van der Waals surface area contributed by atoms with Crippen molar-refractivity contribution in [3.05, 3.63) is 72.0 Å². The smallest absolute Gasteiger partial charge is 0.141 e. The van der Waals surface area contributed by atoms with E-state index in [1.54, 1.807) is 0 Å². The van der Waals surface area contributed by atoms with E-state index >= 15 is 0 Å². The molecule has 3 heterocycles. The molecule has 0 aliphatic carbocycles. The first-order chi connectivity index (χ1) is 9.92. The molecule has 0 N–H and O–H groups in total. The zero-order chi connectivity index (χ0) is 13.1. The Morgan fingerprint density at radius 2 is 1.95 bits per heavy atom. The largest absolute Gasteiger partial charge is 0.456 e. The molecular formula is C18H13NO. The molecule has 0 saturated heterocycles. The summed E-state index contributed by atoms with van der Waals surface area (Å²) in [4.78, 5) is 2.36. The average molecular weight is 259 g/mol. The number of benzene rings is 2. The van der Waals surface area contributed by atoms with Crippen LogP contribution in [0.15, 0.2) is 65.2 Å². The molecule has 1 aromatic heterocycles. The molecular weight excluding hydrogens is 246 g/mol. The number of hydrogen-bond acceptors (Lipinski definition) is 2. The summed E-state index contributed by atoms with van der Waals surface area (Å²) in [6.07, 6.45) is 8.63. The number of furan rings is 1. The van der Waals surface area contributed by atoms with Gasteiger partial charge in [-0.25, -0.2) is 0 Å². The summed E-state index contributed by atoms with van der Waals surface area (Å²) < 4.78 is 6.16. The molecule has 20 heavy (non-hydrogen) atoms. The molecule has 2 aliphatic rings. The normalized spacial score (nSPS) is 19.8. The molecule has 1 atom stereocenters. The Balaban J connectivity index is 1.89. The van der Waals surface area contributed by atoms with Gasteiger partial charge in [-0.1, -0.05) is 42.5 Å². The fourth-order valence-corrected chi connectivity index (χ4v) is 3.46. The van der Waals surface area contributed by atoms with E-state index in [-0.39, 0.29) is 0 Å². The molecule has 0 fully saturated rings. The topological polar surface area (TPSA) is 16.4 Å². The molecule has 2 aliphatic heterocycles. The van der Waals surface area contributed by atoms with Gasteiger partial charge in [0.25, 0.3) is 0 Å². The van der Waals surface area contributed by atoms with E-state index in [0.717, 1.165) is 17.7 Å². The Kier molecular flexibility index (Phi) is 1.83. The number of hydrogen-bond donors (Lipinski definition) is 0. The summed E-state index contributed by atoms with van der Waals surface area (Å²) in [5.41, 5.74) is 4.73. The van der Waals surface area contributed by atoms with Gasteiger partial charge in [0.15, 0.2) is 0 Å². The Morgan fingerprint density at radius 1 is 1.00 bits per heavy atom. The molecule has 0 bridgehead atoms. The summed E-state index contributed by atoms with van der Waals surface area (Å²) in [5, 5.41) is 2.43. The van der Waals surface area contributed by atoms with Crippen molar-refractivity contribution in [3.63, 3.8) is 0 Å². The van der Waals surface area contributed by atoms with E-state index in [1.165, 1.54) is 21.9 Å². The van der Waals surface area contributed by atoms with Gasteiger partial charge in [0.05, 0.1) is 6.04 Å². The predicted octanol–water partition coefficient (Wildman–Crippen LogP) is 4.53. The van der Waals surface area contributed by atoms with Gasteiger partial charge in [-0.15, -0.1) is 0 Å². The third-order valence-corrected chi connectivity index (χ3v) is 4.36. The van der Waals surface area contributed by atoms with Crippen molar-refractivity contribution in [2.45, 2.75) is 12.6 Å². The lowest BCUT2D eigenvalue weighted by atomic mass is 10.00. The average Bonchev–Trinajstić information content (AvgIpc) is 3.04. The van der Waals surface area contributed by atoms with E-state index < -0.39 is 0 Å². The summed E-state index contributed by atoms with van der Waals surface area (Å²) in [7, 11) is 0. The van der Waals surface area contributed by atoms with Gasteiger partial charge in [-0.05, 0) is 17.7 Å². The van der Waals surface area contributed by atoms with Crippen LogP contribution in [-0.2, 0) is 6.54 Å². The summed E-state index contributed by atoms with van der Waals surface area (Å²) >= 11 is 0. The Hall–Kier alpha value is -2.48. The van der Waals surface area contributed by atoms with Gasteiger partial charge in [-0.2, -0.15) is 0 Å². The minimum Gasteiger partial charge on any atom is -0.456 e. The molecule has 5 rings (SSSR count). The summed E-state index contributed by atoms with van der Waals surface area (Å²) in [6.45, 7) is 0.966. The third kappa shape index (κ3) is 1.19. The van der Waals surface area contributed by atoms with Crippen LogP contribution in [0.25, 0.3) is 21.9 Å². The van der Waals surface area contributed by atoms with Crippen molar-refractivity contribution in [2.24, 2.45) is 0 Å². The maximum Gasteiger partial charge on any atom is 0.141 e. The zero-order valence-corrected chi connectivity index (χ0v) is 10.9. The van der Waals surface area contributed by atoms with Crippen LogP contribution in [0.2, 0.25) is 0 Å². The van der Waals surface area contributed by atoms with Gasteiger partial charge in [0.2, 0.25) is 0 Å². The van der Waals surface area contributed by atoms with Crippen molar-refractivity contribution in [1.82, 2.24) is 4.90 Å². The first-order valence-electron chi connectivity index (χ1n) is 6.95. The molecule has 0 amide bonds. The van der Waals surface area contributed by atoms with Crippen molar-refractivity contribution >= 4 is 21.9 Å². The highest BCUT2D eigenvalue weighted by Crippen LogP contribution is 2.43. The molecule has 0 spiro atoms. The summed E-state index contributed by atoms with van der Waals surface area (Å²) in [5.74, 6) is 0. The monoisotopic (exact) mass is 259 g/mol. The lowest BCUT2D eigenvalue weighted by Crippen LogP contribution is -2.15. The molecule has 2 heteroatoms. The SMILES string of the molecule is C1=CC2c3c(ccc4c3oc3ccccc34)CN2C=C1. The number of rotatable bonds is 0. The molecule has 2 aromatic carbocycles. The fraction of sp³-hybridized carbons (Fsp3) is 0.111. The van der Waals surface area contributed by atoms with E-state index in [1.807, 2.05) is 12.1 Å². The maximum absolute atomic E-state index is 6.16. The molecule has 0 radical (unpaired) electrons. The lowest BCUT2D eigenvalue weighted by molar-refractivity contribution is 0.349. The van der Waals surface area contributed by atoms with Crippen LogP contribution in [0.3, 0.4) is 0 Å². The highest BCUT2D eigenvalue weighted by Gasteiger charge is 2.30. The minimum absolute atomic E-state index is 0.319. The lowest BCUT2D eigenvalue weighted by Gasteiger charge is -2.22. The van der Waals surface area contributed by atoms with Crippen molar-refractivity contribution in [2.75, 3.05) is 0 Å². The molecule has 96 valence electrons. The summed E-state index contributed by atoms with van der Waals surface area (Å²) in [6, 6.07) is 13.0. The second-order valence-electron chi connectivity index (χ2n) is 5.46.